The Bertz CT molecular complexity index is 657. The number of nitrogens with one attached hydrogen (secondary N) is 1. The molecular weight excluding hydrogens is 328 g/mol. The number of hydrogen-bond acceptors (Lipinski definition) is 7. The lowest BCUT2D eigenvalue weighted by molar-refractivity contribution is -0.117. The highest BCUT2D eigenvalue weighted by atomic mass is 32.1. The number of rotatable bonds is 5. The minimum absolute atomic E-state index is 0.173. The maximum atomic E-state index is 12.3. The smallest absolute Gasteiger partial charge is 0.348 e. The quantitative estimate of drug-likeness (QED) is 0.806. The van der Waals surface area contributed by atoms with E-state index in [1.165, 1.54) is 0 Å². The fraction of sp³-hybridized carbons (Fsp3) is 0.562. The number of carbonyl (C=O) groups excluding carboxylic acids is 2. The summed E-state index contributed by atoms with van der Waals surface area (Å²) in [7, 11) is 2.06. The van der Waals surface area contributed by atoms with Crippen LogP contribution in [0.1, 0.15) is 27.7 Å². The number of nitrogens with zero attached hydrogens (tertiary/aromatic N) is 3. The molecule has 0 aromatic carbocycles. The molecule has 1 N–H and O–H groups in total. The van der Waals surface area contributed by atoms with Gasteiger partial charge >= 0.3 is 5.97 Å². The van der Waals surface area contributed by atoms with E-state index in [-0.39, 0.29) is 19.1 Å². The van der Waals surface area contributed by atoms with Gasteiger partial charge in [-0.05, 0) is 26.5 Å². The summed E-state index contributed by atoms with van der Waals surface area (Å²) >= 11 is 1.09. The number of likely N-dealkylation sites (N-methyl/N-ethyl adjacent to an activating group) is 1. The average molecular weight is 350 g/mol. The Balaban J connectivity index is 2.06. The molecule has 130 valence electrons. The van der Waals surface area contributed by atoms with Crippen molar-refractivity contribution in [1.29, 1.82) is 5.26 Å². The van der Waals surface area contributed by atoms with Gasteiger partial charge in [0.15, 0.2) is 0 Å². The van der Waals surface area contributed by atoms with E-state index in [0.717, 1.165) is 37.5 Å². The Morgan fingerprint density at radius 2 is 2.00 bits per heavy atom. The standard InChI is InChI=1S/C16H22N4O3S/c1-4-23-16(22)14-11(2)12(9-17)15(24-14)18-13(21)10-20-7-5-19(3)6-8-20/h4-8,10H2,1-3H3,(H,18,21). The maximum Gasteiger partial charge on any atom is 0.348 e. The number of esters is 1. The maximum absolute atomic E-state index is 12.3. The molecule has 1 saturated heterocycles. The van der Waals surface area contributed by atoms with Crippen molar-refractivity contribution in [3.05, 3.63) is 16.0 Å². The van der Waals surface area contributed by atoms with Crippen molar-refractivity contribution in [2.75, 3.05) is 51.7 Å². The summed E-state index contributed by atoms with van der Waals surface area (Å²) < 4.78 is 4.99. The van der Waals surface area contributed by atoms with E-state index >= 15 is 0 Å². The summed E-state index contributed by atoms with van der Waals surface area (Å²) in [6, 6.07) is 2.06. The van der Waals surface area contributed by atoms with Crippen LogP contribution in [0.2, 0.25) is 0 Å². The van der Waals surface area contributed by atoms with Gasteiger partial charge in [0.05, 0.1) is 18.7 Å². The second kappa shape index (κ2) is 8.24. The molecule has 7 nitrogen and oxygen atoms in total. The van der Waals surface area contributed by atoms with Gasteiger partial charge in [-0.1, -0.05) is 0 Å². The van der Waals surface area contributed by atoms with Crippen LogP contribution in [0.25, 0.3) is 0 Å². The first-order valence-corrected chi connectivity index (χ1v) is 8.69. The zero-order chi connectivity index (χ0) is 17.7. The minimum atomic E-state index is -0.462. The molecule has 0 atom stereocenters. The number of hydrogen-bond donors (Lipinski definition) is 1. The number of ether oxygens (including phenoxy) is 1. The van der Waals surface area contributed by atoms with Gasteiger partial charge in [0.1, 0.15) is 15.9 Å². The molecule has 1 fully saturated rings. The molecule has 1 aromatic heterocycles. The SMILES string of the molecule is CCOC(=O)c1sc(NC(=O)CN2CCN(C)CC2)c(C#N)c1C. The molecule has 0 bridgehead atoms. The predicted octanol–water partition coefficient (Wildman–Crippen LogP) is 1.29. The molecule has 1 aliphatic heterocycles. The highest BCUT2D eigenvalue weighted by molar-refractivity contribution is 7.18. The summed E-state index contributed by atoms with van der Waals surface area (Å²) in [5.74, 6) is -0.635. The Labute approximate surface area is 145 Å². The zero-order valence-corrected chi connectivity index (χ0v) is 15.0. The lowest BCUT2D eigenvalue weighted by Gasteiger charge is -2.31. The molecule has 1 aliphatic rings. The van der Waals surface area contributed by atoms with Crippen molar-refractivity contribution < 1.29 is 14.3 Å². The van der Waals surface area contributed by atoms with E-state index in [2.05, 4.69) is 28.2 Å². The molecular formula is C16H22N4O3S. The second-order valence-corrected chi connectivity index (χ2v) is 6.74. The van der Waals surface area contributed by atoms with E-state index in [1.54, 1.807) is 13.8 Å². The summed E-state index contributed by atoms with van der Waals surface area (Å²) in [6.45, 7) is 7.51. The summed E-state index contributed by atoms with van der Waals surface area (Å²) in [6.07, 6.45) is 0. The predicted molar refractivity (Wildman–Crippen MR) is 92.3 cm³/mol. The highest BCUT2D eigenvalue weighted by Crippen LogP contribution is 2.33. The number of piperazine rings is 1. The largest absolute Gasteiger partial charge is 0.462 e. The first-order valence-electron chi connectivity index (χ1n) is 7.87. The van der Waals surface area contributed by atoms with Gasteiger partial charge in [-0.25, -0.2) is 4.79 Å². The van der Waals surface area contributed by atoms with Crippen LogP contribution in [-0.4, -0.2) is 68.1 Å². The van der Waals surface area contributed by atoms with Crippen molar-refractivity contribution in [3.63, 3.8) is 0 Å². The second-order valence-electron chi connectivity index (χ2n) is 5.72. The van der Waals surface area contributed by atoms with Crippen LogP contribution >= 0.6 is 11.3 Å². The molecule has 1 amide bonds. The Morgan fingerprint density at radius 3 is 2.58 bits per heavy atom. The van der Waals surface area contributed by atoms with Crippen molar-refractivity contribution in [1.82, 2.24) is 9.80 Å². The summed E-state index contributed by atoms with van der Waals surface area (Å²) in [5, 5.41) is 12.5. The number of amides is 1. The monoisotopic (exact) mass is 350 g/mol. The lowest BCUT2D eigenvalue weighted by atomic mass is 10.2. The van der Waals surface area contributed by atoms with E-state index in [4.69, 9.17) is 4.74 Å². The van der Waals surface area contributed by atoms with Crippen molar-refractivity contribution in [2.45, 2.75) is 13.8 Å². The Hall–Kier alpha value is -1.95. The molecule has 0 saturated carbocycles. The third kappa shape index (κ3) is 4.32. The van der Waals surface area contributed by atoms with Crippen LogP contribution < -0.4 is 5.32 Å². The molecule has 24 heavy (non-hydrogen) atoms. The molecule has 2 rings (SSSR count). The molecule has 2 heterocycles. The molecule has 0 spiro atoms. The van der Waals surface area contributed by atoms with Crippen LogP contribution in [0, 0.1) is 18.3 Å². The molecule has 0 unspecified atom stereocenters. The molecule has 1 aromatic rings. The summed E-state index contributed by atoms with van der Waals surface area (Å²) in [4.78, 5) is 28.9. The Morgan fingerprint density at radius 1 is 1.33 bits per heavy atom. The van der Waals surface area contributed by atoms with Crippen LogP contribution in [0.3, 0.4) is 0 Å². The van der Waals surface area contributed by atoms with Gasteiger partial charge in [-0.15, -0.1) is 11.3 Å². The fourth-order valence-corrected chi connectivity index (χ4v) is 3.57. The third-order valence-corrected chi connectivity index (χ3v) is 5.12. The van der Waals surface area contributed by atoms with Crippen LogP contribution in [0.15, 0.2) is 0 Å². The number of carbonyl (C=O) groups is 2. The molecule has 8 heteroatoms. The lowest BCUT2D eigenvalue weighted by Crippen LogP contribution is -2.47. The first-order chi connectivity index (χ1) is 11.5. The van der Waals surface area contributed by atoms with E-state index in [1.807, 2.05) is 0 Å². The van der Waals surface area contributed by atoms with E-state index < -0.39 is 5.97 Å². The Kier molecular flexibility index (Phi) is 6.31. The normalized spacial score (nSPS) is 15.8. The first kappa shape index (κ1) is 18.4. The molecule has 0 aliphatic carbocycles. The van der Waals surface area contributed by atoms with Crippen molar-refractivity contribution in [3.8, 4) is 6.07 Å². The topological polar surface area (TPSA) is 85.7 Å². The fourth-order valence-electron chi connectivity index (χ4n) is 2.50. The minimum Gasteiger partial charge on any atom is -0.462 e. The van der Waals surface area contributed by atoms with Gasteiger partial charge in [0.2, 0.25) is 5.91 Å². The van der Waals surface area contributed by atoms with Crippen LogP contribution in [-0.2, 0) is 9.53 Å². The highest BCUT2D eigenvalue weighted by Gasteiger charge is 2.23. The van der Waals surface area contributed by atoms with Crippen molar-refractivity contribution >= 4 is 28.2 Å². The number of nitriles is 1. The number of thiophene rings is 1. The van der Waals surface area contributed by atoms with Gasteiger partial charge < -0.3 is 15.0 Å². The van der Waals surface area contributed by atoms with Crippen LogP contribution in [0.5, 0.6) is 0 Å². The van der Waals surface area contributed by atoms with E-state index in [0.29, 0.717) is 21.0 Å². The molecule has 0 radical (unpaired) electrons. The summed E-state index contributed by atoms with van der Waals surface area (Å²) in [5.41, 5.74) is 0.880. The van der Waals surface area contributed by atoms with Crippen LogP contribution in [0.4, 0.5) is 5.00 Å². The third-order valence-electron chi connectivity index (χ3n) is 3.94. The van der Waals surface area contributed by atoms with E-state index in [9.17, 15) is 14.9 Å². The number of anilines is 1. The van der Waals surface area contributed by atoms with Crippen molar-refractivity contribution in [2.24, 2.45) is 0 Å². The van der Waals surface area contributed by atoms with Gasteiger partial charge in [-0.2, -0.15) is 5.26 Å². The average Bonchev–Trinajstić information content (AvgIpc) is 2.85. The zero-order valence-electron chi connectivity index (χ0n) is 14.2. The van der Waals surface area contributed by atoms with Gasteiger partial charge in [-0.3, -0.25) is 9.69 Å². The van der Waals surface area contributed by atoms with Gasteiger partial charge in [0.25, 0.3) is 0 Å². The van der Waals surface area contributed by atoms with Gasteiger partial charge in [0, 0.05) is 26.2 Å².